The van der Waals surface area contributed by atoms with Crippen LogP contribution in [0.15, 0.2) is 23.3 Å². The summed E-state index contributed by atoms with van der Waals surface area (Å²) in [6, 6.07) is 1.52. The monoisotopic (exact) mass is 250 g/mol. The molecule has 0 radical (unpaired) electrons. The molecule has 0 spiro atoms. The molecule has 1 aliphatic carbocycles. The number of pyridine rings is 1. The highest BCUT2D eigenvalue weighted by Crippen LogP contribution is 2.18. The Morgan fingerprint density at radius 1 is 1.44 bits per heavy atom. The number of carbonyl (C=O) groups excluding carboxylic acids is 1. The first-order valence-electron chi connectivity index (χ1n) is 5.79. The van der Waals surface area contributed by atoms with Gasteiger partial charge in [-0.05, 0) is 12.8 Å². The number of hydrogen-bond acceptors (Lipinski definition) is 3. The molecular formula is C12H14N2O4. The van der Waals surface area contributed by atoms with Crippen LogP contribution in [0.3, 0.4) is 0 Å². The van der Waals surface area contributed by atoms with E-state index in [1.54, 1.807) is 0 Å². The van der Waals surface area contributed by atoms with Gasteiger partial charge >= 0.3 is 5.97 Å². The van der Waals surface area contributed by atoms with Gasteiger partial charge in [0.25, 0.3) is 0 Å². The molecule has 6 nitrogen and oxygen atoms in total. The summed E-state index contributed by atoms with van der Waals surface area (Å²) < 4.78 is 1.54. The van der Waals surface area contributed by atoms with E-state index >= 15 is 0 Å². The van der Waals surface area contributed by atoms with Gasteiger partial charge in [0, 0.05) is 37.5 Å². The zero-order valence-electron chi connectivity index (χ0n) is 9.76. The number of aryl methyl sites for hydroxylation is 1. The van der Waals surface area contributed by atoms with Crippen molar-refractivity contribution in [3.8, 4) is 0 Å². The predicted molar refractivity (Wildman–Crippen MR) is 63.4 cm³/mol. The van der Waals surface area contributed by atoms with Gasteiger partial charge in [-0.1, -0.05) is 0 Å². The molecular weight excluding hydrogens is 236 g/mol. The van der Waals surface area contributed by atoms with E-state index in [9.17, 15) is 14.4 Å². The van der Waals surface area contributed by atoms with Gasteiger partial charge in [-0.25, -0.2) is 4.79 Å². The summed E-state index contributed by atoms with van der Waals surface area (Å²) >= 11 is 0. The molecule has 1 aliphatic rings. The number of hydrogen-bond donors (Lipinski definition) is 2. The van der Waals surface area contributed by atoms with Crippen molar-refractivity contribution in [3.05, 3.63) is 34.2 Å². The molecule has 1 aromatic heterocycles. The summed E-state index contributed by atoms with van der Waals surface area (Å²) in [4.78, 5) is 33.5. The molecule has 6 heteroatoms. The number of nitrogens with zero attached hydrogens (tertiary/aromatic N) is 1. The Hall–Kier alpha value is -2.11. The van der Waals surface area contributed by atoms with E-state index in [-0.39, 0.29) is 17.9 Å². The van der Waals surface area contributed by atoms with E-state index in [1.165, 1.54) is 23.0 Å². The van der Waals surface area contributed by atoms with Crippen LogP contribution in [-0.4, -0.2) is 27.6 Å². The summed E-state index contributed by atoms with van der Waals surface area (Å²) in [6.45, 7) is 0.360. The van der Waals surface area contributed by atoms with Gasteiger partial charge in [-0.3, -0.25) is 9.59 Å². The minimum Gasteiger partial charge on any atom is -0.477 e. The maximum absolute atomic E-state index is 11.5. The molecule has 0 atom stereocenters. The molecule has 1 saturated carbocycles. The smallest absolute Gasteiger partial charge is 0.341 e. The predicted octanol–water partition coefficient (Wildman–Crippen LogP) is 0.215. The summed E-state index contributed by atoms with van der Waals surface area (Å²) in [6.07, 6.45) is 5.09. The third-order valence-electron chi connectivity index (χ3n) is 2.75. The number of aromatic carboxylic acids is 1. The van der Waals surface area contributed by atoms with Crippen molar-refractivity contribution in [2.45, 2.75) is 31.8 Å². The third-order valence-corrected chi connectivity index (χ3v) is 2.75. The SMILES string of the molecule is O=C(CCn1ccc(=O)c(C(=O)O)c1)NC1CC1. The van der Waals surface area contributed by atoms with Crippen molar-refractivity contribution in [2.24, 2.45) is 0 Å². The van der Waals surface area contributed by atoms with Gasteiger partial charge in [-0.15, -0.1) is 0 Å². The number of carbonyl (C=O) groups is 2. The molecule has 1 amide bonds. The fourth-order valence-corrected chi connectivity index (χ4v) is 1.58. The Labute approximate surface area is 103 Å². The fraction of sp³-hybridized carbons (Fsp3) is 0.417. The van der Waals surface area contributed by atoms with Crippen LogP contribution in [0.1, 0.15) is 29.6 Å². The standard InChI is InChI=1S/C12H14N2O4/c15-10-3-5-14(7-9(10)12(17)18)6-4-11(16)13-8-1-2-8/h3,5,7-8H,1-2,4,6H2,(H,13,16)(H,17,18). The largest absolute Gasteiger partial charge is 0.477 e. The van der Waals surface area contributed by atoms with E-state index in [2.05, 4.69) is 5.32 Å². The van der Waals surface area contributed by atoms with E-state index in [1.807, 2.05) is 0 Å². The Balaban J connectivity index is 1.96. The van der Waals surface area contributed by atoms with Gasteiger partial charge in [0.1, 0.15) is 5.56 Å². The van der Waals surface area contributed by atoms with Crippen LogP contribution in [0.2, 0.25) is 0 Å². The lowest BCUT2D eigenvalue weighted by Gasteiger charge is -2.07. The number of nitrogens with one attached hydrogen (secondary N) is 1. The first kappa shape index (κ1) is 12.3. The summed E-state index contributed by atoms with van der Waals surface area (Å²) in [5.41, 5.74) is -0.804. The molecule has 1 heterocycles. The van der Waals surface area contributed by atoms with Crippen LogP contribution in [0.4, 0.5) is 0 Å². The maximum atomic E-state index is 11.5. The van der Waals surface area contributed by atoms with Crippen LogP contribution in [0, 0.1) is 0 Å². The molecule has 1 aromatic rings. The molecule has 96 valence electrons. The molecule has 0 bridgehead atoms. The van der Waals surface area contributed by atoms with Crippen molar-refractivity contribution < 1.29 is 14.7 Å². The molecule has 0 unspecified atom stereocenters. The Morgan fingerprint density at radius 2 is 2.17 bits per heavy atom. The van der Waals surface area contributed by atoms with Gasteiger partial charge in [0.2, 0.25) is 5.91 Å². The zero-order valence-corrected chi connectivity index (χ0v) is 9.76. The zero-order chi connectivity index (χ0) is 13.1. The van der Waals surface area contributed by atoms with Crippen LogP contribution in [0.5, 0.6) is 0 Å². The van der Waals surface area contributed by atoms with Crippen molar-refractivity contribution in [2.75, 3.05) is 0 Å². The lowest BCUT2D eigenvalue weighted by Crippen LogP contribution is -2.26. The van der Waals surface area contributed by atoms with E-state index in [0.717, 1.165) is 12.8 Å². The number of aromatic nitrogens is 1. The van der Waals surface area contributed by atoms with E-state index in [4.69, 9.17) is 5.11 Å². The van der Waals surface area contributed by atoms with Gasteiger partial charge < -0.3 is 15.0 Å². The number of carboxylic acid groups (broad SMARTS) is 1. The van der Waals surface area contributed by atoms with Gasteiger partial charge in [-0.2, -0.15) is 0 Å². The van der Waals surface area contributed by atoms with Crippen LogP contribution in [0.25, 0.3) is 0 Å². The second kappa shape index (κ2) is 5.03. The summed E-state index contributed by atoms with van der Waals surface area (Å²) in [5.74, 6) is -1.30. The quantitative estimate of drug-likeness (QED) is 0.782. The lowest BCUT2D eigenvalue weighted by atomic mass is 10.2. The number of carboxylic acids is 1. The lowest BCUT2D eigenvalue weighted by molar-refractivity contribution is -0.121. The highest BCUT2D eigenvalue weighted by molar-refractivity contribution is 5.87. The highest BCUT2D eigenvalue weighted by Gasteiger charge is 2.22. The topological polar surface area (TPSA) is 88.4 Å². The first-order chi connectivity index (χ1) is 8.56. The average Bonchev–Trinajstić information content (AvgIpc) is 3.11. The normalized spacial score (nSPS) is 14.2. The Kier molecular flexibility index (Phi) is 3.45. The molecule has 2 N–H and O–H groups in total. The fourth-order valence-electron chi connectivity index (χ4n) is 1.58. The minimum absolute atomic E-state index is 0.0481. The second-order valence-corrected chi connectivity index (χ2v) is 4.36. The van der Waals surface area contributed by atoms with E-state index < -0.39 is 11.4 Å². The maximum Gasteiger partial charge on any atom is 0.341 e. The van der Waals surface area contributed by atoms with E-state index in [0.29, 0.717) is 12.6 Å². The molecule has 1 fully saturated rings. The average molecular weight is 250 g/mol. The van der Waals surface area contributed by atoms with Gasteiger partial charge in [0.15, 0.2) is 5.43 Å². The molecule has 18 heavy (non-hydrogen) atoms. The van der Waals surface area contributed by atoms with Crippen LogP contribution >= 0.6 is 0 Å². The summed E-state index contributed by atoms with van der Waals surface area (Å²) in [5, 5.41) is 11.6. The molecule has 0 aromatic carbocycles. The molecule has 0 saturated heterocycles. The Morgan fingerprint density at radius 3 is 2.78 bits per heavy atom. The van der Waals surface area contributed by atoms with Crippen molar-refractivity contribution in [1.82, 2.24) is 9.88 Å². The summed E-state index contributed by atoms with van der Waals surface area (Å²) in [7, 11) is 0. The van der Waals surface area contributed by atoms with Crippen LogP contribution < -0.4 is 10.7 Å². The Bertz CT molecular complexity index is 531. The molecule has 0 aliphatic heterocycles. The first-order valence-corrected chi connectivity index (χ1v) is 5.79. The highest BCUT2D eigenvalue weighted by atomic mass is 16.4. The molecule has 2 rings (SSSR count). The number of amides is 1. The second-order valence-electron chi connectivity index (χ2n) is 4.36. The van der Waals surface area contributed by atoms with Crippen molar-refractivity contribution >= 4 is 11.9 Å². The number of rotatable bonds is 5. The van der Waals surface area contributed by atoms with Gasteiger partial charge in [0.05, 0.1) is 0 Å². The van der Waals surface area contributed by atoms with Crippen LogP contribution in [-0.2, 0) is 11.3 Å². The third kappa shape index (κ3) is 3.19. The van der Waals surface area contributed by atoms with Crippen molar-refractivity contribution in [1.29, 1.82) is 0 Å². The van der Waals surface area contributed by atoms with Crippen molar-refractivity contribution in [3.63, 3.8) is 0 Å². The minimum atomic E-state index is -1.25.